The largest absolute Gasteiger partial charge is 0.494 e. The highest BCUT2D eigenvalue weighted by Crippen LogP contribution is 2.20. The number of nitrogens with one attached hydrogen (secondary N) is 1. The van der Waals surface area contributed by atoms with Crippen molar-refractivity contribution in [2.45, 2.75) is 0 Å². The molecule has 0 fully saturated rings. The number of ether oxygens (including phenoxy) is 1. The second-order valence-corrected chi connectivity index (χ2v) is 1.88. The van der Waals surface area contributed by atoms with Crippen LogP contribution in [-0.2, 0) is 0 Å². The van der Waals surface area contributed by atoms with Crippen molar-refractivity contribution in [3.63, 3.8) is 0 Å². The van der Waals surface area contributed by atoms with Gasteiger partial charge in [0, 0.05) is 0 Å². The van der Waals surface area contributed by atoms with E-state index < -0.39 is 0 Å². The quantitative estimate of drug-likeness (QED) is 0.577. The van der Waals surface area contributed by atoms with Crippen molar-refractivity contribution in [1.82, 2.24) is 0 Å². The molecular formula is C7H11N2O+. The fraction of sp³-hybridized carbons (Fsp3) is 0.143. The van der Waals surface area contributed by atoms with Gasteiger partial charge in [0.05, 0.1) is 7.11 Å². The molecular weight excluding hydrogens is 128 g/mol. The molecule has 0 radical (unpaired) electrons. The second kappa shape index (κ2) is 3.08. The first-order valence-electron chi connectivity index (χ1n) is 3.04. The minimum absolute atomic E-state index is 0.817. The van der Waals surface area contributed by atoms with Gasteiger partial charge in [-0.2, -0.15) is 0 Å². The first kappa shape index (κ1) is 6.89. The first-order valence-corrected chi connectivity index (χ1v) is 3.04. The Morgan fingerprint density at radius 1 is 1.40 bits per heavy atom. The van der Waals surface area contributed by atoms with Crippen LogP contribution in [0.1, 0.15) is 0 Å². The third-order valence-corrected chi connectivity index (χ3v) is 1.30. The van der Waals surface area contributed by atoms with Gasteiger partial charge in [-0.05, 0) is 12.1 Å². The van der Waals surface area contributed by atoms with E-state index in [-0.39, 0.29) is 0 Å². The van der Waals surface area contributed by atoms with Crippen LogP contribution < -0.4 is 16.0 Å². The SMILES string of the molecule is COc1ccccc1N[NH3+]. The fourth-order valence-electron chi connectivity index (χ4n) is 0.791. The van der Waals surface area contributed by atoms with E-state index in [1.807, 2.05) is 24.3 Å². The Morgan fingerprint density at radius 2 is 2.10 bits per heavy atom. The number of quaternary nitrogens is 1. The number of rotatable bonds is 2. The van der Waals surface area contributed by atoms with Crippen molar-refractivity contribution in [3.05, 3.63) is 24.3 Å². The molecule has 1 aromatic rings. The molecule has 0 atom stereocenters. The van der Waals surface area contributed by atoms with Crippen molar-refractivity contribution in [2.24, 2.45) is 0 Å². The average molecular weight is 139 g/mol. The van der Waals surface area contributed by atoms with Gasteiger partial charge in [0.1, 0.15) is 11.4 Å². The highest BCUT2D eigenvalue weighted by Gasteiger charge is 1.97. The monoisotopic (exact) mass is 139 g/mol. The molecule has 0 amide bonds. The molecule has 0 aliphatic rings. The maximum atomic E-state index is 5.03. The van der Waals surface area contributed by atoms with Crippen LogP contribution in [0.4, 0.5) is 5.69 Å². The van der Waals surface area contributed by atoms with E-state index in [2.05, 4.69) is 11.3 Å². The number of methoxy groups -OCH3 is 1. The van der Waals surface area contributed by atoms with Crippen LogP contribution in [-0.4, -0.2) is 7.11 Å². The third-order valence-electron chi connectivity index (χ3n) is 1.30. The van der Waals surface area contributed by atoms with E-state index >= 15 is 0 Å². The van der Waals surface area contributed by atoms with Crippen molar-refractivity contribution < 1.29 is 10.6 Å². The Kier molecular flexibility index (Phi) is 2.12. The summed E-state index contributed by atoms with van der Waals surface area (Å²) in [6.07, 6.45) is 0. The standard InChI is InChI=1S/C7H10N2O/c1-10-7-5-3-2-4-6(7)9-8/h2-5,9H,8H2,1H3/p+1. The molecule has 0 aliphatic carbocycles. The number of benzene rings is 1. The molecule has 10 heavy (non-hydrogen) atoms. The molecule has 54 valence electrons. The Labute approximate surface area is 59.8 Å². The van der Waals surface area contributed by atoms with Crippen molar-refractivity contribution >= 4 is 5.69 Å². The Bertz CT molecular complexity index is 190. The van der Waals surface area contributed by atoms with Crippen LogP contribution in [0.3, 0.4) is 0 Å². The minimum Gasteiger partial charge on any atom is -0.494 e. The normalized spacial score (nSPS) is 9.00. The highest BCUT2D eigenvalue weighted by molar-refractivity contribution is 5.53. The van der Waals surface area contributed by atoms with E-state index in [1.165, 1.54) is 0 Å². The predicted octanol–water partition coefficient (Wildman–Crippen LogP) is 0.264. The Balaban J connectivity index is 2.96. The van der Waals surface area contributed by atoms with Crippen LogP contribution in [0.5, 0.6) is 5.75 Å². The van der Waals surface area contributed by atoms with Crippen molar-refractivity contribution in [1.29, 1.82) is 0 Å². The van der Waals surface area contributed by atoms with Crippen LogP contribution in [0, 0.1) is 0 Å². The summed E-state index contributed by atoms with van der Waals surface area (Å²) in [7, 11) is 1.64. The van der Waals surface area contributed by atoms with Crippen molar-refractivity contribution in [3.8, 4) is 5.75 Å². The van der Waals surface area contributed by atoms with Gasteiger partial charge in [-0.3, -0.25) is 5.84 Å². The molecule has 0 spiro atoms. The molecule has 0 aliphatic heterocycles. The molecule has 1 aromatic carbocycles. The fourth-order valence-corrected chi connectivity index (χ4v) is 0.791. The summed E-state index contributed by atoms with van der Waals surface area (Å²) in [5.74, 6) is 4.35. The number of anilines is 1. The third kappa shape index (κ3) is 1.19. The Hall–Kier alpha value is -1.22. The Morgan fingerprint density at radius 3 is 2.60 bits per heavy atom. The number of hydrogen-bond donors (Lipinski definition) is 2. The van der Waals surface area contributed by atoms with Crippen LogP contribution in [0.15, 0.2) is 24.3 Å². The molecule has 3 nitrogen and oxygen atoms in total. The lowest BCUT2D eigenvalue weighted by atomic mass is 10.3. The lowest BCUT2D eigenvalue weighted by molar-refractivity contribution is -0.325. The van der Waals surface area contributed by atoms with Gasteiger partial charge in [-0.15, -0.1) is 0 Å². The zero-order valence-corrected chi connectivity index (χ0v) is 5.92. The van der Waals surface area contributed by atoms with E-state index in [0.29, 0.717) is 0 Å². The van der Waals surface area contributed by atoms with E-state index in [9.17, 15) is 0 Å². The molecule has 4 N–H and O–H groups in total. The van der Waals surface area contributed by atoms with Crippen molar-refractivity contribution in [2.75, 3.05) is 12.5 Å². The molecule has 0 aromatic heterocycles. The summed E-state index contributed by atoms with van der Waals surface area (Å²) >= 11 is 0. The summed E-state index contributed by atoms with van der Waals surface area (Å²) < 4.78 is 5.03. The summed E-state index contributed by atoms with van der Waals surface area (Å²) in [6, 6.07) is 7.63. The minimum atomic E-state index is 0.817. The molecule has 0 saturated carbocycles. The maximum absolute atomic E-state index is 5.03. The van der Waals surface area contributed by atoms with Crippen LogP contribution >= 0.6 is 0 Å². The van der Waals surface area contributed by atoms with Gasteiger partial charge in [-0.25, -0.2) is 5.43 Å². The molecule has 0 heterocycles. The lowest BCUT2D eigenvalue weighted by Crippen LogP contribution is -2.56. The summed E-state index contributed by atoms with van der Waals surface area (Å²) in [5, 5.41) is 0. The summed E-state index contributed by atoms with van der Waals surface area (Å²) in [6.45, 7) is 0. The molecule has 0 unspecified atom stereocenters. The zero-order valence-electron chi connectivity index (χ0n) is 5.92. The van der Waals surface area contributed by atoms with Gasteiger partial charge in [0.25, 0.3) is 0 Å². The summed E-state index contributed by atoms with van der Waals surface area (Å²) in [4.78, 5) is 0. The van der Waals surface area contributed by atoms with Crippen LogP contribution in [0.2, 0.25) is 0 Å². The van der Waals surface area contributed by atoms with E-state index in [0.717, 1.165) is 11.4 Å². The van der Waals surface area contributed by atoms with Gasteiger partial charge in [-0.1, -0.05) is 12.1 Å². The maximum Gasteiger partial charge on any atom is 0.147 e. The smallest absolute Gasteiger partial charge is 0.147 e. The molecule has 0 bridgehead atoms. The van der Waals surface area contributed by atoms with Gasteiger partial charge >= 0.3 is 0 Å². The topological polar surface area (TPSA) is 48.9 Å². The lowest BCUT2D eigenvalue weighted by Gasteiger charge is -2.03. The zero-order chi connectivity index (χ0) is 7.40. The average Bonchev–Trinajstić information content (AvgIpc) is 2.04. The van der Waals surface area contributed by atoms with E-state index in [4.69, 9.17) is 4.74 Å². The number of para-hydroxylation sites is 2. The molecule has 1 rings (SSSR count). The highest BCUT2D eigenvalue weighted by atomic mass is 16.5. The van der Waals surface area contributed by atoms with Gasteiger partial charge in [0.2, 0.25) is 0 Å². The van der Waals surface area contributed by atoms with Gasteiger partial charge in [0.15, 0.2) is 0 Å². The predicted molar refractivity (Wildman–Crippen MR) is 39.5 cm³/mol. The van der Waals surface area contributed by atoms with Gasteiger partial charge < -0.3 is 4.74 Å². The van der Waals surface area contributed by atoms with Crippen LogP contribution in [0.25, 0.3) is 0 Å². The van der Waals surface area contributed by atoms with E-state index in [1.54, 1.807) is 7.11 Å². The first-order chi connectivity index (χ1) is 4.88. The summed E-state index contributed by atoms with van der Waals surface area (Å²) in [5.41, 5.74) is 3.68. The molecule has 0 saturated heterocycles. The number of hydrogen-bond acceptors (Lipinski definition) is 2. The molecule has 3 heteroatoms. The second-order valence-electron chi connectivity index (χ2n) is 1.88.